The second-order valence-electron chi connectivity index (χ2n) is 5.17. The lowest BCUT2D eigenvalue weighted by Gasteiger charge is -2.23. The van der Waals surface area contributed by atoms with Crippen LogP contribution in [0.1, 0.15) is 10.8 Å². The third kappa shape index (κ3) is 3.36. The molecular formula is C18H19NOS2. The summed E-state index contributed by atoms with van der Waals surface area (Å²) in [5.74, 6) is 0. The lowest BCUT2D eigenvalue weighted by molar-refractivity contribution is 0.171. The predicted molar refractivity (Wildman–Crippen MR) is 96.8 cm³/mol. The van der Waals surface area contributed by atoms with Gasteiger partial charge in [0.2, 0.25) is 0 Å². The van der Waals surface area contributed by atoms with Crippen LogP contribution < -0.4 is 5.32 Å². The largest absolute Gasteiger partial charge is 0.390 e. The molecule has 114 valence electrons. The van der Waals surface area contributed by atoms with Crippen molar-refractivity contribution in [1.82, 2.24) is 5.32 Å². The Bertz CT molecular complexity index is 726. The Hall–Kier alpha value is -1.33. The fraction of sp³-hybridized carbons (Fsp3) is 0.222. The maximum Gasteiger partial charge on any atom is 0.0827 e. The zero-order valence-electron chi connectivity index (χ0n) is 12.4. The Balaban J connectivity index is 1.94. The molecule has 0 saturated heterocycles. The number of aliphatic hydroxyl groups excluding tert-OH is 1. The normalized spacial score (nSPS) is 14.1. The molecule has 3 rings (SSSR count). The van der Waals surface area contributed by atoms with E-state index in [9.17, 15) is 5.11 Å². The third-order valence-corrected chi connectivity index (χ3v) is 6.11. The second kappa shape index (κ2) is 7.29. The molecule has 0 aliphatic heterocycles. The first kappa shape index (κ1) is 15.6. The van der Waals surface area contributed by atoms with E-state index in [2.05, 4.69) is 47.1 Å². The fourth-order valence-electron chi connectivity index (χ4n) is 2.52. The minimum atomic E-state index is -0.437. The van der Waals surface area contributed by atoms with Crippen LogP contribution in [0.3, 0.4) is 0 Å². The monoisotopic (exact) mass is 329 g/mol. The van der Waals surface area contributed by atoms with E-state index in [4.69, 9.17) is 0 Å². The van der Waals surface area contributed by atoms with Crippen LogP contribution in [0.15, 0.2) is 64.9 Å². The summed E-state index contributed by atoms with van der Waals surface area (Å²) in [6, 6.07) is 18.8. The van der Waals surface area contributed by atoms with Gasteiger partial charge >= 0.3 is 0 Å². The highest BCUT2D eigenvalue weighted by Crippen LogP contribution is 2.42. The highest BCUT2D eigenvalue weighted by Gasteiger charge is 2.22. The van der Waals surface area contributed by atoms with Crippen molar-refractivity contribution < 1.29 is 5.11 Å². The minimum absolute atomic E-state index is 0.0151. The van der Waals surface area contributed by atoms with Crippen molar-refractivity contribution in [1.29, 1.82) is 0 Å². The first-order chi connectivity index (χ1) is 10.8. The van der Waals surface area contributed by atoms with Gasteiger partial charge in [0.05, 0.1) is 11.4 Å². The van der Waals surface area contributed by atoms with Gasteiger partial charge in [0.15, 0.2) is 0 Å². The van der Waals surface area contributed by atoms with E-state index in [0.29, 0.717) is 6.54 Å². The number of benzene rings is 2. The molecule has 2 nitrogen and oxygen atoms in total. The van der Waals surface area contributed by atoms with Gasteiger partial charge in [0.25, 0.3) is 0 Å². The summed E-state index contributed by atoms with van der Waals surface area (Å²) < 4.78 is 1.30. The predicted octanol–water partition coefficient (Wildman–Crippen LogP) is 4.32. The lowest BCUT2D eigenvalue weighted by Crippen LogP contribution is -2.28. The molecule has 0 bridgehead atoms. The van der Waals surface area contributed by atoms with E-state index in [-0.39, 0.29) is 5.25 Å². The first-order valence-electron chi connectivity index (χ1n) is 7.30. The van der Waals surface area contributed by atoms with Gasteiger partial charge in [0.1, 0.15) is 0 Å². The van der Waals surface area contributed by atoms with Crippen LogP contribution in [0, 0.1) is 0 Å². The molecule has 1 aromatic heterocycles. The number of nitrogens with one attached hydrogen (secondary N) is 1. The Kier molecular flexibility index (Phi) is 5.16. The second-order valence-corrected chi connectivity index (χ2v) is 7.27. The molecule has 4 heteroatoms. The van der Waals surface area contributed by atoms with Crippen LogP contribution in [-0.4, -0.2) is 24.8 Å². The van der Waals surface area contributed by atoms with Gasteiger partial charge < -0.3 is 10.4 Å². The minimum Gasteiger partial charge on any atom is -0.390 e. The van der Waals surface area contributed by atoms with Crippen molar-refractivity contribution in [3.05, 3.63) is 65.5 Å². The number of fused-ring (bicyclic) bond motifs is 1. The van der Waals surface area contributed by atoms with E-state index in [1.54, 1.807) is 23.1 Å². The smallest absolute Gasteiger partial charge is 0.0827 e. The van der Waals surface area contributed by atoms with Crippen LogP contribution in [0.5, 0.6) is 0 Å². The summed E-state index contributed by atoms with van der Waals surface area (Å²) in [5.41, 5.74) is 1.16. The number of aliphatic hydroxyl groups is 1. The van der Waals surface area contributed by atoms with Gasteiger partial charge in [-0.15, -0.1) is 23.1 Å². The molecule has 22 heavy (non-hydrogen) atoms. The standard InChI is InChI=1S/C18H19NOS2/c1-19-12-15(20)17(13-6-3-2-4-7-13)22-16-9-5-8-14-10-11-21-18(14)16/h2-11,15,17,19-20H,12H2,1H3/t15-,17+/m1/s1. The van der Waals surface area contributed by atoms with Crippen LogP contribution in [0.4, 0.5) is 0 Å². The molecule has 3 aromatic rings. The fourth-order valence-corrected chi connectivity index (χ4v) is 4.82. The summed E-state index contributed by atoms with van der Waals surface area (Å²) in [7, 11) is 1.87. The van der Waals surface area contributed by atoms with Gasteiger partial charge in [-0.3, -0.25) is 0 Å². The molecule has 2 N–H and O–H groups in total. The average molecular weight is 329 g/mol. The molecule has 1 heterocycles. The Morgan fingerprint density at radius 2 is 1.91 bits per heavy atom. The molecule has 0 amide bonds. The van der Waals surface area contributed by atoms with Crippen molar-refractivity contribution in [2.45, 2.75) is 16.2 Å². The van der Waals surface area contributed by atoms with Crippen LogP contribution in [-0.2, 0) is 0 Å². The number of thiophene rings is 1. The van der Waals surface area contributed by atoms with E-state index in [0.717, 1.165) is 5.56 Å². The number of hydrogen-bond acceptors (Lipinski definition) is 4. The molecular weight excluding hydrogens is 310 g/mol. The Labute approximate surface area is 139 Å². The van der Waals surface area contributed by atoms with E-state index in [1.165, 1.54) is 15.0 Å². The summed E-state index contributed by atoms with van der Waals surface area (Å²) in [5, 5.41) is 17.0. The lowest BCUT2D eigenvalue weighted by atomic mass is 10.1. The highest BCUT2D eigenvalue weighted by molar-refractivity contribution is 8.00. The van der Waals surface area contributed by atoms with Gasteiger partial charge in [-0.1, -0.05) is 42.5 Å². The zero-order chi connectivity index (χ0) is 15.4. The number of thioether (sulfide) groups is 1. The van der Waals surface area contributed by atoms with E-state index >= 15 is 0 Å². The van der Waals surface area contributed by atoms with Crippen molar-refractivity contribution in [3.63, 3.8) is 0 Å². The molecule has 0 fully saturated rings. The highest BCUT2D eigenvalue weighted by atomic mass is 32.2. The molecule has 0 saturated carbocycles. The molecule has 0 aliphatic rings. The Morgan fingerprint density at radius 3 is 2.68 bits per heavy atom. The summed E-state index contributed by atoms with van der Waals surface area (Å²) >= 11 is 3.50. The topological polar surface area (TPSA) is 32.3 Å². The van der Waals surface area contributed by atoms with Crippen molar-refractivity contribution in [2.24, 2.45) is 0 Å². The van der Waals surface area contributed by atoms with Crippen molar-refractivity contribution >= 4 is 33.2 Å². The molecule has 2 atom stereocenters. The molecule has 0 radical (unpaired) electrons. The van der Waals surface area contributed by atoms with Crippen LogP contribution in [0.25, 0.3) is 10.1 Å². The quantitative estimate of drug-likeness (QED) is 0.661. The van der Waals surface area contributed by atoms with Gasteiger partial charge in [-0.2, -0.15) is 0 Å². The SMILES string of the molecule is CNC[C@@H](O)[C@@H](Sc1cccc2ccsc12)c1ccccc1. The molecule has 2 aromatic carbocycles. The summed E-state index contributed by atoms with van der Waals surface area (Å²) in [4.78, 5) is 1.23. The van der Waals surface area contributed by atoms with Gasteiger partial charge in [0, 0.05) is 16.1 Å². The van der Waals surface area contributed by atoms with E-state index < -0.39 is 6.10 Å². The summed E-state index contributed by atoms with van der Waals surface area (Å²) in [6.07, 6.45) is -0.437. The molecule has 0 aliphatic carbocycles. The van der Waals surface area contributed by atoms with E-state index in [1.807, 2.05) is 25.2 Å². The van der Waals surface area contributed by atoms with Gasteiger partial charge in [-0.05, 0) is 35.5 Å². The van der Waals surface area contributed by atoms with Crippen molar-refractivity contribution in [3.8, 4) is 0 Å². The number of rotatable bonds is 6. The Morgan fingerprint density at radius 1 is 1.09 bits per heavy atom. The third-order valence-electron chi connectivity index (χ3n) is 3.59. The zero-order valence-corrected chi connectivity index (χ0v) is 14.0. The molecule has 0 spiro atoms. The average Bonchev–Trinajstić information content (AvgIpc) is 3.03. The van der Waals surface area contributed by atoms with Gasteiger partial charge in [-0.25, -0.2) is 0 Å². The van der Waals surface area contributed by atoms with Crippen LogP contribution >= 0.6 is 23.1 Å². The maximum absolute atomic E-state index is 10.6. The van der Waals surface area contributed by atoms with Crippen molar-refractivity contribution in [2.75, 3.05) is 13.6 Å². The maximum atomic E-state index is 10.6. The number of hydrogen-bond donors (Lipinski definition) is 2. The molecule has 0 unspecified atom stereocenters. The summed E-state index contributed by atoms with van der Waals surface area (Å²) in [6.45, 7) is 0.576. The van der Waals surface area contributed by atoms with Crippen LogP contribution in [0.2, 0.25) is 0 Å². The number of likely N-dealkylation sites (N-methyl/N-ethyl adjacent to an activating group) is 1. The first-order valence-corrected chi connectivity index (χ1v) is 9.06.